The van der Waals surface area contributed by atoms with Gasteiger partial charge in [-0.1, -0.05) is 6.92 Å². The third-order valence-corrected chi connectivity index (χ3v) is 10.4. The SMILES string of the molecule is CCN(CC)C(=O)c1c(NC(=O)c2ccc(S(=O)(=O)N3CCCC(C)C3)cc2)sc2c1CCN(C(C)=O)C2. The molecule has 0 saturated carbocycles. The number of carbonyl (C=O) groups excluding carboxylic acids is 3. The van der Waals surface area contributed by atoms with Gasteiger partial charge in [0.25, 0.3) is 11.8 Å². The second-order valence-electron chi connectivity index (χ2n) is 9.96. The van der Waals surface area contributed by atoms with Crippen LogP contribution in [0.1, 0.15) is 71.7 Å². The van der Waals surface area contributed by atoms with Crippen molar-refractivity contribution in [1.82, 2.24) is 14.1 Å². The predicted octanol–water partition coefficient (Wildman–Crippen LogP) is 3.81. The average molecular weight is 561 g/mol. The summed E-state index contributed by atoms with van der Waals surface area (Å²) in [5.41, 5.74) is 1.68. The summed E-state index contributed by atoms with van der Waals surface area (Å²) in [6.45, 7) is 10.4. The summed E-state index contributed by atoms with van der Waals surface area (Å²) < 4.78 is 27.7. The van der Waals surface area contributed by atoms with Gasteiger partial charge in [0.05, 0.1) is 17.0 Å². The minimum Gasteiger partial charge on any atom is -0.339 e. The molecule has 1 aromatic carbocycles. The fourth-order valence-electron chi connectivity index (χ4n) is 5.12. The van der Waals surface area contributed by atoms with Crippen molar-refractivity contribution in [2.24, 2.45) is 5.92 Å². The van der Waals surface area contributed by atoms with Crippen LogP contribution in [-0.4, -0.2) is 73.0 Å². The maximum absolute atomic E-state index is 13.5. The lowest BCUT2D eigenvalue weighted by atomic mass is 10.0. The van der Waals surface area contributed by atoms with Gasteiger partial charge in [-0.15, -0.1) is 11.3 Å². The Labute approximate surface area is 228 Å². The number of amides is 3. The standard InChI is InChI=1S/C27H36N4O5S2/c1-5-29(6-2)27(34)24-22-13-15-30(19(4)32)17-23(22)37-26(24)28-25(33)20-9-11-21(12-10-20)38(35,36)31-14-7-8-18(3)16-31/h9-12,18H,5-8,13-17H2,1-4H3,(H,28,33). The van der Waals surface area contributed by atoms with Crippen LogP contribution in [0.5, 0.6) is 0 Å². The van der Waals surface area contributed by atoms with Gasteiger partial charge in [0.1, 0.15) is 5.00 Å². The molecule has 1 aromatic heterocycles. The maximum atomic E-state index is 13.5. The van der Waals surface area contributed by atoms with Crippen molar-refractivity contribution < 1.29 is 22.8 Å². The number of hydrogen-bond acceptors (Lipinski definition) is 6. The van der Waals surface area contributed by atoms with Crippen LogP contribution in [0.2, 0.25) is 0 Å². The minimum atomic E-state index is -3.62. The van der Waals surface area contributed by atoms with Gasteiger partial charge in [-0.05, 0) is 68.9 Å². The van der Waals surface area contributed by atoms with Crippen molar-refractivity contribution in [3.05, 3.63) is 45.8 Å². The summed E-state index contributed by atoms with van der Waals surface area (Å²) in [7, 11) is -3.62. The Morgan fingerprint density at radius 1 is 1.11 bits per heavy atom. The van der Waals surface area contributed by atoms with E-state index in [1.807, 2.05) is 13.8 Å². The van der Waals surface area contributed by atoms with Gasteiger partial charge in [-0.3, -0.25) is 14.4 Å². The van der Waals surface area contributed by atoms with E-state index in [1.165, 1.54) is 46.8 Å². The van der Waals surface area contributed by atoms with Crippen molar-refractivity contribution in [3.63, 3.8) is 0 Å². The Morgan fingerprint density at radius 3 is 2.39 bits per heavy atom. The monoisotopic (exact) mass is 560 g/mol. The number of rotatable bonds is 7. The van der Waals surface area contributed by atoms with Crippen LogP contribution in [-0.2, 0) is 27.8 Å². The molecular formula is C27H36N4O5S2. The molecule has 1 unspecified atom stereocenters. The zero-order chi connectivity index (χ0) is 27.6. The number of nitrogens with zero attached hydrogens (tertiary/aromatic N) is 3. The van der Waals surface area contributed by atoms with Gasteiger partial charge >= 0.3 is 0 Å². The predicted molar refractivity (Wildman–Crippen MR) is 148 cm³/mol. The number of benzene rings is 1. The van der Waals surface area contributed by atoms with Crippen molar-refractivity contribution >= 4 is 44.1 Å². The summed E-state index contributed by atoms with van der Waals surface area (Å²) in [6.07, 6.45) is 2.40. The Morgan fingerprint density at radius 2 is 1.79 bits per heavy atom. The number of sulfonamides is 1. The fourth-order valence-corrected chi connectivity index (χ4v) is 7.97. The third kappa shape index (κ3) is 5.64. The van der Waals surface area contributed by atoms with Gasteiger partial charge in [-0.25, -0.2) is 8.42 Å². The largest absolute Gasteiger partial charge is 0.339 e. The molecule has 1 saturated heterocycles. The summed E-state index contributed by atoms with van der Waals surface area (Å²) in [6, 6.07) is 5.95. The van der Waals surface area contributed by atoms with E-state index in [4.69, 9.17) is 0 Å². The lowest BCUT2D eigenvalue weighted by Crippen LogP contribution is -2.39. The molecule has 4 rings (SSSR count). The highest BCUT2D eigenvalue weighted by Gasteiger charge is 2.32. The van der Waals surface area contributed by atoms with Crippen LogP contribution in [0.4, 0.5) is 5.00 Å². The van der Waals surface area contributed by atoms with Crippen LogP contribution in [0, 0.1) is 5.92 Å². The van der Waals surface area contributed by atoms with E-state index >= 15 is 0 Å². The van der Waals surface area contributed by atoms with Crippen molar-refractivity contribution in [1.29, 1.82) is 0 Å². The quantitative estimate of drug-likeness (QED) is 0.554. The molecule has 1 atom stereocenters. The van der Waals surface area contributed by atoms with Crippen LogP contribution in [0.15, 0.2) is 29.2 Å². The van der Waals surface area contributed by atoms with Gasteiger partial charge in [0.2, 0.25) is 15.9 Å². The summed E-state index contributed by atoms with van der Waals surface area (Å²) >= 11 is 1.32. The highest BCUT2D eigenvalue weighted by Crippen LogP contribution is 2.38. The molecule has 11 heteroatoms. The van der Waals surface area contributed by atoms with Gasteiger partial charge in [0.15, 0.2) is 0 Å². The molecule has 9 nitrogen and oxygen atoms in total. The van der Waals surface area contributed by atoms with Crippen molar-refractivity contribution in [2.75, 3.05) is 38.0 Å². The average Bonchev–Trinajstić information content (AvgIpc) is 3.26. The lowest BCUT2D eigenvalue weighted by molar-refractivity contribution is -0.129. The fraction of sp³-hybridized carbons (Fsp3) is 0.519. The van der Waals surface area contributed by atoms with Crippen LogP contribution in [0.25, 0.3) is 0 Å². The Bertz CT molecular complexity index is 1320. The van der Waals surface area contributed by atoms with E-state index in [1.54, 1.807) is 9.80 Å². The van der Waals surface area contributed by atoms with Crippen molar-refractivity contribution in [3.8, 4) is 0 Å². The maximum Gasteiger partial charge on any atom is 0.257 e. The van der Waals surface area contributed by atoms with Gasteiger partial charge < -0.3 is 15.1 Å². The molecule has 0 aliphatic carbocycles. The van der Waals surface area contributed by atoms with E-state index in [-0.39, 0.29) is 16.7 Å². The van der Waals surface area contributed by atoms with E-state index in [0.717, 1.165) is 23.3 Å². The van der Waals surface area contributed by atoms with Crippen LogP contribution in [0.3, 0.4) is 0 Å². The van der Waals surface area contributed by atoms with Gasteiger partial charge in [-0.2, -0.15) is 4.31 Å². The molecule has 0 radical (unpaired) electrons. The number of hydrogen-bond donors (Lipinski definition) is 1. The zero-order valence-corrected chi connectivity index (χ0v) is 24.1. The molecule has 38 heavy (non-hydrogen) atoms. The number of thiophene rings is 1. The molecule has 1 N–H and O–H groups in total. The first-order valence-electron chi connectivity index (χ1n) is 13.2. The highest BCUT2D eigenvalue weighted by atomic mass is 32.2. The zero-order valence-electron chi connectivity index (χ0n) is 22.5. The number of fused-ring (bicyclic) bond motifs is 1. The van der Waals surface area contributed by atoms with E-state index in [9.17, 15) is 22.8 Å². The van der Waals surface area contributed by atoms with E-state index < -0.39 is 15.9 Å². The Hall–Kier alpha value is -2.76. The van der Waals surface area contributed by atoms with Crippen LogP contribution >= 0.6 is 11.3 Å². The van der Waals surface area contributed by atoms with Crippen molar-refractivity contribution in [2.45, 2.75) is 58.4 Å². The summed E-state index contributed by atoms with van der Waals surface area (Å²) in [5, 5.41) is 3.37. The molecule has 3 heterocycles. The summed E-state index contributed by atoms with van der Waals surface area (Å²) in [4.78, 5) is 43.2. The lowest BCUT2D eigenvalue weighted by Gasteiger charge is -2.30. The third-order valence-electron chi connectivity index (χ3n) is 7.37. The molecule has 1 fully saturated rings. The first-order valence-corrected chi connectivity index (χ1v) is 15.4. The number of piperidine rings is 1. The number of carbonyl (C=O) groups is 3. The topological polar surface area (TPSA) is 107 Å². The van der Waals surface area contributed by atoms with Crippen LogP contribution < -0.4 is 5.32 Å². The Kier molecular flexibility index (Phi) is 8.59. The molecule has 0 bridgehead atoms. The molecule has 2 aromatic rings. The molecule has 2 aliphatic heterocycles. The minimum absolute atomic E-state index is 0.0275. The normalized spacial score (nSPS) is 18.1. The molecule has 2 aliphatic rings. The first-order chi connectivity index (χ1) is 18.1. The highest BCUT2D eigenvalue weighted by molar-refractivity contribution is 7.89. The van der Waals surface area contributed by atoms with Gasteiger partial charge in [0, 0.05) is 50.1 Å². The molecule has 3 amide bonds. The van der Waals surface area contributed by atoms with E-state index in [0.29, 0.717) is 67.7 Å². The molecule has 0 spiro atoms. The second-order valence-corrected chi connectivity index (χ2v) is 13.0. The first kappa shape index (κ1) is 28.3. The second kappa shape index (κ2) is 11.5. The Balaban J connectivity index is 1.59. The smallest absolute Gasteiger partial charge is 0.257 e. The number of nitrogens with one attached hydrogen (secondary N) is 1. The summed E-state index contributed by atoms with van der Waals surface area (Å²) in [5.74, 6) is -0.274. The molecular weight excluding hydrogens is 524 g/mol. The van der Waals surface area contributed by atoms with E-state index in [2.05, 4.69) is 12.2 Å². The molecule has 206 valence electrons. The number of anilines is 1.